The van der Waals surface area contributed by atoms with Gasteiger partial charge < -0.3 is 14.5 Å². The van der Waals surface area contributed by atoms with E-state index in [0.29, 0.717) is 18.4 Å². The lowest BCUT2D eigenvalue weighted by Crippen LogP contribution is -2.60. The van der Waals surface area contributed by atoms with Gasteiger partial charge in [-0.1, -0.05) is 18.2 Å². The summed E-state index contributed by atoms with van der Waals surface area (Å²) in [7, 11) is 0. The minimum Gasteiger partial charge on any atom is -0.363 e. The number of ether oxygens (including phenoxy) is 1. The molecule has 2 aromatic carbocycles. The zero-order chi connectivity index (χ0) is 25.0. The summed E-state index contributed by atoms with van der Waals surface area (Å²) < 4.78 is 51.0. The fourth-order valence-corrected chi connectivity index (χ4v) is 5.26. The van der Waals surface area contributed by atoms with Gasteiger partial charge in [0.25, 0.3) is 0 Å². The number of benzene rings is 2. The minimum absolute atomic E-state index is 0.0463. The number of pyridine rings is 1. The van der Waals surface area contributed by atoms with Crippen molar-refractivity contribution in [1.29, 1.82) is 0 Å². The van der Waals surface area contributed by atoms with Crippen LogP contribution in [0.25, 0.3) is 22.0 Å². The van der Waals surface area contributed by atoms with Crippen LogP contribution in [0, 0.1) is 17.5 Å². The molecule has 3 aromatic rings. The number of carbonyl (C=O) groups excluding carboxylic acids is 2. The van der Waals surface area contributed by atoms with Crippen LogP contribution in [0.3, 0.4) is 0 Å². The van der Waals surface area contributed by atoms with E-state index >= 15 is 13.2 Å². The lowest BCUT2D eigenvalue weighted by Gasteiger charge is -2.46. The average molecular weight is 496 g/mol. The summed E-state index contributed by atoms with van der Waals surface area (Å²) in [5, 5.41) is 0.587. The van der Waals surface area contributed by atoms with Crippen LogP contribution < -0.4 is 0 Å². The molecule has 1 spiro atoms. The molecule has 3 heterocycles. The Hall–Kier alpha value is -3.46. The van der Waals surface area contributed by atoms with Gasteiger partial charge in [0.2, 0.25) is 11.8 Å². The van der Waals surface area contributed by atoms with Gasteiger partial charge >= 0.3 is 0 Å². The van der Waals surface area contributed by atoms with Gasteiger partial charge in [0.15, 0.2) is 5.82 Å². The number of amides is 2. The van der Waals surface area contributed by atoms with E-state index in [1.165, 1.54) is 17.2 Å². The average Bonchev–Trinajstić information content (AvgIpc) is 3.70. The third kappa shape index (κ3) is 4.01. The van der Waals surface area contributed by atoms with E-state index in [-0.39, 0.29) is 66.2 Å². The van der Waals surface area contributed by atoms with Crippen LogP contribution in [0.5, 0.6) is 0 Å². The first-order valence-corrected chi connectivity index (χ1v) is 12.1. The maximum Gasteiger partial charge on any atom is 0.248 e. The Morgan fingerprint density at radius 2 is 1.83 bits per heavy atom. The molecule has 0 bridgehead atoms. The Morgan fingerprint density at radius 1 is 1.06 bits per heavy atom. The van der Waals surface area contributed by atoms with Gasteiger partial charge in [-0.25, -0.2) is 13.2 Å². The maximum atomic E-state index is 15.1. The fourth-order valence-electron chi connectivity index (χ4n) is 5.26. The predicted octanol–water partition coefficient (Wildman–Crippen LogP) is 4.20. The van der Waals surface area contributed by atoms with Crippen LogP contribution in [-0.2, 0) is 20.9 Å². The van der Waals surface area contributed by atoms with Gasteiger partial charge in [0.1, 0.15) is 23.8 Å². The van der Waals surface area contributed by atoms with Crippen molar-refractivity contribution in [3.05, 3.63) is 65.6 Å². The van der Waals surface area contributed by atoms with Crippen molar-refractivity contribution >= 4 is 22.7 Å². The molecule has 9 heteroatoms. The highest BCUT2D eigenvalue weighted by Crippen LogP contribution is 2.37. The topological polar surface area (TPSA) is 62.7 Å². The number of hydrogen-bond acceptors (Lipinski definition) is 4. The largest absolute Gasteiger partial charge is 0.363 e. The lowest BCUT2D eigenvalue weighted by molar-refractivity contribution is -0.178. The Morgan fingerprint density at radius 3 is 2.56 bits per heavy atom. The van der Waals surface area contributed by atoms with Crippen molar-refractivity contribution in [2.24, 2.45) is 0 Å². The summed E-state index contributed by atoms with van der Waals surface area (Å²) in [5.74, 6) is -2.68. The number of fused-ring (bicyclic) bond motifs is 1. The van der Waals surface area contributed by atoms with E-state index in [2.05, 4.69) is 4.98 Å². The quantitative estimate of drug-likeness (QED) is 0.544. The summed E-state index contributed by atoms with van der Waals surface area (Å²) in [6.45, 7) is 0.353. The van der Waals surface area contributed by atoms with E-state index < -0.39 is 23.1 Å². The molecule has 1 unspecified atom stereocenters. The second kappa shape index (κ2) is 8.58. The Kier molecular flexibility index (Phi) is 5.48. The molecule has 1 aliphatic carbocycles. The predicted molar refractivity (Wildman–Crippen MR) is 125 cm³/mol. The molecule has 3 aliphatic rings. The van der Waals surface area contributed by atoms with Crippen molar-refractivity contribution in [2.75, 3.05) is 19.7 Å². The second-order valence-corrected chi connectivity index (χ2v) is 9.89. The van der Waals surface area contributed by atoms with Gasteiger partial charge in [-0.05, 0) is 43.0 Å². The van der Waals surface area contributed by atoms with Crippen LogP contribution in [0.1, 0.15) is 31.2 Å². The summed E-state index contributed by atoms with van der Waals surface area (Å²) in [4.78, 5) is 32.4. The number of carbonyl (C=O) groups is 2. The molecule has 6 rings (SSSR count). The second-order valence-electron chi connectivity index (χ2n) is 9.89. The van der Waals surface area contributed by atoms with E-state index in [9.17, 15) is 9.59 Å². The van der Waals surface area contributed by atoms with Gasteiger partial charge in [0.05, 0.1) is 25.1 Å². The number of piperidine rings is 1. The van der Waals surface area contributed by atoms with E-state index in [1.54, 1.807) is 18.2 Å². The summed E-state index contributed by atoms with van der Waals surface area (Å²) in [6.07, 6.45) is 3.93. The molecule has 2 saturated heterocycles. The first-order valence-electron chi connectivity index (χ1n) is 12.1. The number of hydrogen-bond donors (Lipinski definition) is 0. The van der Waals surface area contributed by atoms with Gasteiger partial charge in [0, 0.05) is 35.3 Å². The molecular formula is C27H24F3N3O3. The molecule has 0 radical (unpaired) electrons. The first-order chi connectivity index (χ1) is 17.3. The van der Waals surface area contributed by atoms with Crippen molar-refractivity contribution in [1.82, 2.24) is 14.8 Å². The lowest BCUT2D eigenvalue weighted by atomic mass is 9.88. The fraction of sp³-hybridized carbons (Fsp3) is 0.370. The zero-order valence-corrected chi connectivity index (χ0v) is 19.5. The van der Waals surface area contributed by atoms with Crippen molar-refractivity contribution < 1.29 is 27.5 Å². The molecular weight excluding hydrogens is 471 g/mol. The van der Waals surface area contributed by atoms with Crippen LogP contribution in [-0.4, -0.2) is 57.9 Å². The Balaban J connectivity index is 1.20. The molecule has 36 heavy (non-hydrogen) atoms. The zero-order valence-electron chi connectivity index (χ0n) is 19.5. The molecule has 1 aromatic heterocycles. The number of aromatic nitrogens is 1. The number of rotatable bonds is 4. The number of halogens is 3. The van der Waals surface area contributed by atoms with Gasteiger partial charge in [-0.15, -0.1) is 0 Å². The van der Waals surface area contributed by atoms with Crippen molar-refractivity contribution in [3.63, 3.8) is 0 Å². The normalized spacial score (nSPS) is 22.6. The summed E-state index contributed by atoms with van der Waals surface area (Å²) in [6, 6.07) is 8.92. The Labute approximate surface area is 205 Å². The molecule has 2 aliphatic heterocycles. The smallest absolute Gasteiger partial charge is 0.248 e. The minimum atomic E-state index is -0.849. The Bertz CT molecular complexity index is 1370. The van der Waals surface area contributed by atoms with Crippen molar-refractivity contribution in [2.45, 2.75) is 43.9 Å². The highest BCUT2D eigenvalue weighted by molar-refractivity contribution is 5.85. The van der Waals surface area contributed by atoms with Crippen LogP contribution in [0.2, 0.25) is 0 Å². The van der Waals surface area contributed by atoms with E-state index in [1.807, 2.05) is 4.90 Å². The highest BCUT2D eigenvalue weighted by atomic mass is 19.1. The van der Waals surface area contributed by atoms with Gasteiger partial charge in [-0.3, -0.25) is 14.6 Å². The molecule has 2 amide bonds. The standard InChI is InChI=1S/C27H24F3N3O3/c28-21-10-17(19-6-3-16-2-1-8-31-26(16)25(19)30)11-22(29)20(21)13-32-9-7-27(12-23(32)34)15-33(18-4-5-18)24(35)14-36-27/h1-3,6,8,10-11,18H,4-5,7,9,12-15H2. The SMILES string of the molecule is O=C1CC2(CCN1Cc1c(F)cc(-c3ccc4cccnc4c3F)cc1F)CN(C1CC1)C(=O)CO2. The molecule has 6 nitrogen and oxygen atoms in total. The number of nitrogens with zero attached hydrogens (tertiary/aromatic N) is 3. The van der Waals surface area contributed by atoms with E-state index in [4.69, 9.17) is 4.74 Å². The maximum absolute atomic E-state index is 15.1. The van der Waals surface area contributed by atoms with Crippen LogP contribution in [0.4, 0.5) is 13.2 Å². The highest BCUT2D eigenvalue weighted by Gasteiger charge is 2.48. The van der Waals surface area contributed by atoms with Crippen molar-refractivity contribution in [3.8, 4) is 11.1 Å². The van der Waals surface area contributed by atoms with Crippen LogP contribution in [0.15, 0.2) is 42.6 Å². The summed E-state index contributed by atoms with van der Waals surface area (Å²) in [5.41, 5.74) is -0.762. The van der Waals surface area contributed by atoms with Crippen LogP contribution >= 0.6 is 0 Å². The molecule has 186 valence electrons. The van der Waals surface area contributed by atoms with Gasteiger partial charge in [-0.2, -0.15) is 0 Å². The third-order valence-electron chi connectivity index (χ3n) is 7.45. The first kappa shape index (κ1) is 23.0. The molecule has 3 fully saturated rings. The molecule has 1 atom stereocenters. The monoisotopic (exact) mass is 495 g/mol. The number of morpholine rings is 1. The molecule has 0 N–H and O–H groups in total. The van der Waals surface area contributed by atoms with E-state index in [0.717, 1.165) is 25.0 Å². The number of likely N-dealkylation sites (tertiary alicyclic amines) is 1. The summed E-state index contributed by atoms with van der Waals surface area (Å²) >= 11 is 0. The molecule has 1 saturated carbocycles. The third-order valence-corrected chi connectivity index (χ3v) is 7.45.